The Bertz CT molecular complexity index is 1240. The second kappa shape index (κ2) is 9.45. The average Bonchev–Trinajstić information content (AvgIpc) is 3.35. The predicted molar refractivity (Wildman–Crippen MR) is 127 cm³/mol. The first-order chi connectivity index (χ1) is 15.5. The first kappa shape index (κ1) is 21.3. The smallest absolute Gasteiger partial charge is 0.268 e. The summed E-state index contributed by atoms with van der Waals surface area (Å²) in [4.78, 5) is 32.0. The van der Waals surface area contributed by atoms with Gasteiger partial charge in [-0.2, -0.15) is 0 Å². The van der Waals surface area contributed by atoms with Crippen molar-refractivity contribution in [3.63, 3.8) is 0 Å². The standard InChI is InChI=1S/C25H21N3O3S/c1-17-15-18(11-12-22(17)31-19-7-5-13-26-16-19)27-24(29)20-8-3-4-9-21(20)28(2)25(30)23-10-6-14-32-23/h3-16H,1-2H3,(H,27,29). The van der Waals surface area contributed by atoms with E-state index in [1.54, 1.807) is 68.0 Å². The number of aryl methyl sites for hydroxylation is 1. The third kappa shape index (κ3) is 4.68. The third-order valence-corrected chi connectivity index (χ3v) is 5.70. The molecule has 7 heteroatoms. The molecule has 0 spiro atoms. The molecule has 2 amide bonds. The molecule has 0 radical (unpaired) electrons. The Balaban J connectivity index is 1.52. The van der Waals surface area contributed by atoms with Crippen LogP contribution in [0.3, 0.4) is 0 Å². The van der Waals surface area contributed by atoms with Crippen LogP contribution in [0.2, 0.25) is 0 Å². The highest BCUT2D eigenvalue weighted by Crippen LogP contribution is 2.28. The number of ether oxygens (including phenoxy) is 1. The number of para-hydroxylation sites is 1. The molecule has 0 fully saturated rings. The number of hydrogen-bond donors (Lipinski definition) is 1. The van der Waals surface area contributed by atoms with E-state index in [0.717, 1.165) is 5.56 Å². The van der Waals surface area contributed by atoms with Crippen molar-refractivity contribution in [3.05, 3.63) is 101 Å². The number of nitrogens with zero attached hydrogens (tertiary/aromatic N) is 2. The second-order valence-electron chi connectivity index (χ2n) is 7.08. The summed E-state index contributed by atoms with van der Waals surface area (Å²) in [6.45, 7) is 1.91. The molecular weight excluding hydrogens is 422 g/mol. The number of amides is 2. The van der Waals surface area contributed by atoms with Crippen LogP contribution in [0.25, 0.3) is 0 Å². The van der Waals surface area contributed by atoms with Crippen LogP contribution in [-0.2, 0) is 0 Å². The van der Waals surface area contributed by atoms with Gasteiger partial charge in [-0.15, -0.1) is 11.3 Å². The van der Waals surface area contributed by atoms with Crippen LogP contribution in [0, 0.1) is 6.92 Å². The second-order valence-corrected chi connectivity index (χ2v) is 8.03. The zero-order chi connectivity index (χ0) is 22.5. The minimum Gasteiger partial charge on any atom is -0.455 e. The zero-order valence-corrected chi connectivity index (χ0v) is 18.4. The lowest BCUT2D eigenvalue weighted by molar-refractivity contribution is 0.0996. The molecule has 0 bridgehead atoms. The average molecular weight is 444 g/mol. The fourth-order valence-corrected chi connectivity index (χ4v) is 3.91. The molecule has 0 atom stereocenters. The van der Waals surface area contributed by atoms with E-state index in [4.69, 9.17) is 4.74 Å². The lowest BCUT2D eigenvalue weighted by atomic mass is 10.1. The van der Waals surface area contributed by atoms with Gasteiger partial charge >= 0.3 is 0 Å². The van der Waals surface area contributed by atoms with Crippen LogP contribution in [0.1, 0.15) is 25.6 Å². The Morgan fingerprint density at radius 2 is 1.88 bits per heavy atom. The quantitative estimate of drug-likeness (QED) is 0.410. The van der Waals surface area contributed by atoms with E-state index in [1.807, 2.05) is 30.5 Å². The summed E-state index contributed by atoms with van der Waals surface area (Å²) in [6, 6.07) is 19.7. The molecule has 2 aromatic carbocycles. The normalized spacial score (nSPS) is 10.4. The van der Waals surface area contributed by atoms with Crippen LogP contribution >= 0.6 is 11.3 Å². The van der Waals surface area contributed by atoms with Crippen molar-refractivity contribution in [2.45, 2.75) is 6.92 Å². The number of thiophene rings is 1. The van der Waals surface area contributed by atoms with E-state index in [2.05, 4.69) is 10.3 Å². The highest BCUT2D eigenvalue weighted by Gasteiger charge is 2.20. The fraction of sp³-hybridized carbons (Fsp3) is 0.0800. The maximum absolute atomic E-state index is 13.0. The molecule has 0 unspecified atom stereocenters. The molecule has 0 saturated heterocycles. The van der Waals surface area contributed by atoms with Crippen LogP contribution in [0.4, 0.5) is 11.4 Å². The van der Waals surface area contributed by atoms with Gasteiger partial charge in [0.2, 0.25) is 0 Å². The van der Waals surface area contributed by atoms with Gasteiger partial charge in [0.25, 0.3) is 11.8 Å². The number of hydrogen-bond acceptors (Lipinski definition) is 5. The summed E-state index contributed by atoms with van der Waals surface area (Å²) in [5.74, 6) is 0.859. The molecule has 2 aromatic heterocycles. The van der Waals surface area contributed by atoms with Crippen LogP contribution in [0.15, 0.2) is 84.5 Å². The van der Waals surface area contributed by atoms with E-state index in [1.165, 1.54) is 16.2 Å². The number of benzene rings is 2. The molecule has 0 aliphatic heterocycles. The number of pyridine rings is 1. The number of rotatable bonds is 6. The molecule has 32 heavy (non-hydrogen) atoms. The maximum atomic E-state index is 13.0. The van der Waals surface area contributed by atoms with Crippen molar-refractivity contribution < 1.29 is 14.3 Å². The summed E-state index contributed by atoms with van der Waals surface area (Å²) in [7, 11) is 1.67. The van der Waals surface area contributed by atoms with Gasteiger partial charge in [-0.3, -0.25) is 14.6 Å². The number of carbonyl (C=O) groups is 2. The Labute approximate surface area is 190 Å². The molecule has 6 nitrogen and oxygen atoms in total. The van der Waals surface area contributed by atoms with Crippen LogP contribution < -0.4 is 15.0 Å². The third-order valence-electron chi connectivity index (χ3n) is 4.84. The van der Waals surface area contributed by atoms with Crippen LogP contribution in [0.5, 0.6) is 11.5 Å². The number of nitrogens with one attached hydrogen (secondary N) is 1. The topological polar surface area (TPSA) is 71.5 Å². The van der Waals surface area contributed by atoms with E-state index in [-0.39, 0.29) is 11.8 Å². The van der Waals surface area contributed by atoms with Gasteiger partial charge < -0.3 is 15.0 Å². The molecule has 0 aliphatic carbocycles. The number of carbonyl (C=O) groups excluding carboxylic acids is 2. The summed E-state index contributed by atoms with van der Waals surface area (Å²) >= 11 is 1.37. The Kier molecular flexibility index (Phi) is 6.28. The first-order valence-corrected chi connectivity index (χ1v) is 10.8. The van der Waals surface area contributed by atoms with Crippen molar-refractivity contribution in [1.82, 2.24) is 4.98 Å². The van der Waals surface area contributed by atoms with Crippen molar-refractivity contribution in [2.24, 2.45) is 0 Å². The van der Waals surface area contributed by atoms with Crippen molar-refractivity contribution in [3.8, 4) is 11.5 Å². The molecule has 2 heterocycles. The molecule has 160 valence electrons. The highest BCUT2D eigenvalue weighted by atomic mass is 32.1. The van der Waals surface area contributed by atoms with E-state index >= 15 is 0 Å². The fourth-order valence-electron chi connectivity index (χ4n) is 3.21. The van der Waals surface area contributed by atoms with Crippen molar-refractivity contribution in [2.75, 3.05) is 17.3 Å². The summed E-state index contributed by atoms with van der Waals surface area (Å²) in [6.07, 6.45) is 3.32. The number of aromatic nitrogens is 1. The largest absolute Gasteiger partial charge is 0.455 e. The first-order valence-electron chi connectivity index (χ1n) is 9.93. The van der Waals surface area contributed by atoms with Gasteiger partial charge in [0.05, 0.1) is 22.3 Å². The summed E-state index contributed by atoms with van der Waals surface area (Å²) < 4.78 is 5.85. The van der Waals surface area contributed by atoms with E-state index < -0.39 is 0 Å². The number of anilines is 2. The van der Waals surface area contributed by atoms with Gasteiger partial charge in [-0.05, 0) is 66.4 Å². The SMILES string of the molecule is Cc1cc(NC(=O)c2ccccc2N(C)C(=O)c2cccs2)ccc1Oc1cccnc1. The molecular formula is C25H21N3O3S. The Morgan fingerprint density at radius 3 is 2.59 bits per heavy atom. The Hall–Kier alpha value is -3.97. The minimum absolute atomic E-state index is 0.159. The lowest BCUT2D eigenvalue weighted by Gasteiger charge is -2.20. The predicted octanol–water partition coefficient (Wildman–Crippen LogP) is 5.77. The summed E-state index contributed by atoms with van der Waals surface area (Å²) in [5.41, 5.74) is 2.45. The summed E-state index contributed by atoms with van der Waals surface area (Å²) in [5, 5.41) is 4.77. The minimum atomic E-state index is -0.299. The molecule has 0 aliphatic rings. The Morgan fingerprint density at radius 1 is 1.03 bits per heavy atom. The monoisotopic (exact) mass is 443 g/mol. The van der Waals surface area contributed by atoms with E-state index in [0.29, 0.717) is 33.3 Å². The van der Waals surface area contributed by atoms with Gasteiger partial charge in [-0.1, -0.05) is 18.2 Å². The molecule has 1 N–H and O–H groups in total. The highest BCUT2D eigenvalue weighted by molar-refractivity contribution is 7.12. The van der Waals surface area contributed by atoms with Crippen molar-refractivity contribution >= 4 is 34.5 Å². The maximum Gasteiger partial charge on any atom is 0.268 e. The van der Waals surface area contributed by atoms with E-state index in [9.17, 15) is 9.59 Å². The van der Waals surface area contributed by atoms with Gasteiger partial charge in [0.15, 0.2) is 0 Å². The molecule has 0 saturated carbocycles. The lowest BCUT2D eigenvalue weighted by Crippen LogP contribution is -2.28. The van der Waals surface area contributed by atoms with Crippen LogP contribution in [-0.4, -0.2) is 23.8 Å². The van der Waals surface area contributed by atoms with Gasteiger partial charge in [-0.25, -0.2) is 0 Å². The van der Waals surface area contributed by atoms with Crippen molar-refractivity contribution in [1.29, 1.82) is 0 Å². The van der Waals surface area contributed by atoms with Gasteiger partial charge in [0.1, 0.15) is 11.5 Å². The molecule has 4 rings (SSSR count). The molecule has 4 aromatic rings. The van der Waals surface area contributed by atoms with Gasteiger partial charge in [0, 0.05) is 18.9 Å². The zero-order valence-electron chi connectivity index (χ0n) is 17.6.